The third-order valence-electron chi connectivity index (χ3n) is 14.6. The van der Waals surface area contributed by atoms with Crippen LogP contribution in [0.3, 0.4) is 0 Å². The molecule has 3 aromatic heterocycles. The molecule has 8 bridgehead atoms. The van der Waals surface area contributed by atoms with Crippen molar-refractivity contribution in [3.8, 4) is 91.5 Å². The zero-order chi connectivity index (χ0) is 58.9. The van der Waals surface area contributed by atoms with Crippen LogP contribution in [0.5, 0.6) is 46.0 Å². The monoisotopic (exact) mass is 1640 g/mol. The Balaban J connectivity index is 0.00000235. The second-order valence-corrected chi connectivity index (χ2v) is 23.7. The van der Waals surface area contributed by atoms with Gasteiger partial charge in [-0.05, 0) is 129 Å². The van der Waals surface area contributed by atoms with Gasteiger partial charge in [0.05, 0.1) is 103 Å². The van der Waals surface area contributed by atoms with E-state index in [-0.39, 0.29) is 108 Å². The molecule has 17 nitrogen and oxygen atoms in total. The van der Waals surface area contributed by atoms with E-state index >= 15 is 0 Å². The number of hydrogen-bond donors (Lipinski definition) is 0. The number of esters is 1. The van der Waals surface area contributed by atoms with Crippen molar-refractivity contribution in [3.05, 3.63) is 175 Å². The van der Waals surface area contributed by atoms with Gasteiger partial charge in [-0.1, -0.05) is 54.6 Å². The number of aromatic nitrogens is 8. The zero-order valence-corrected chi connectivity index (χ0v) is 61.0. The SMILES string of the molecule is C[N+](C)(C)c1cccc(Oc2cccc3c2-c2nc-3nc3[n-]c(nc4nc(nc5[n-]c(n2)c2ccc(Oc6ccc(C(=O)OCBr)cc6)cc52)-c2c(Oc5cccc([N+](C)(C)C)c5)cccc2-4)c2c(Oc4cccc([N+](C)(C)C)c4)cccc32)c1.[I-].[I-].[I-].[Zn+2]. The van der Waals surface area contributed by atoms with E-state index in [9.17, 15) is 4.79 Å². The molecule has 0 aliphatic carbocycles. The minimum absolute atomic E-state index is 0. The van der Waals surface area contributed by atoms with Gasteiger partial charge in [-0.15, -0.1) is 0 Å². The number of nitrogens with zero attached hydrogens (tertiary/aromatic N) is 11. The van der Waals surface area contributed by atoms with E-state index in [4.69, 9.17) is 63.6 Å². The molecule has 0 radical (unpaired) electrons. The molecule has 89 heavy (non-hydrogen) atoms. The van der Waals surface area contributed by atoms with Crippen LogP contribution in [0.25, 0.3) is 89.7 Å². The van der Waals surface area contributed by atoms with Gasteiger partial charge in [0.2, 0.25) is 0 Å². The first-order valence-corrected chi connectivity index (χ1v) is 28.5. The number of carbonyl (C=O) groups excluding carboxylic acids is 1. The summed E-state index contributed by atoms with van der Waals surface area (Å²) < 4.78 is 33.9. The number of benzene rings is 8. The molecule has 0 saturated heterocycles. The number of alkyl halides is 1. The van der Waals surface area contributed by atoms with Crippen molar-refractivity contribution in [3.63, 3.8) is 0 Å². The summed E-state index contributed by atoms with van der Waals surface area (Å²) in [5, 5.41) is 2.52. The Morgan fingerprint density at radius 2 is 0.809 bits per heavy atom. The molecule has 13 rings (SSSR count). The van der Waals surface area contributed by atoms with Crippen molar-refractivity contribution >= 4 is 83.1 Å². The fourth-order valence-corrected chi connectivity index (χ4v) is 10.4. The van der Waals surface area contributed by atoms with Gasteiger partial charge >= 0.3 is 25.4 Å². The van der Waals surface area contributed by atoms with Gasteiger partial charge in [0.25, 0.3) is 0 Å². The van der Waals surface area contributed by atoms with Crippen molar-refractivity contribution in [1.29, 1.82) is 0 Å². The average Bonchev–Trinajstić information content (AvgIpc) is 1.79. The van der Waals surface area contributed by atoms with Gasteiger partial charge in [-0.2, -0.15) is 0 Å². The molecular weight excluding hydrogens is 1580 g/mol. The molecule has 5 heterocycles. The minimum Gasteiger partial charge on any atom is -1.00 e. The van der Waals surface area contributed by atoms with Crippen molar-refractivity contribution < 1.29 is 120 Å². The van der Waals surface area contributed by atoms with Crippen molar-refractivity contribution in [2.24, 2.45) is 0 Å². The Kier molecular flexibility index (Phi) is 19.7. The molecule has 11 aromatic rings. The van der Waals surface area contributed by atoms with E-state index in [2.05, 4.69) is 97.6 Å². The van der Waals surface area contributed by atoms with Crippen LogP contribution in [-0.2, 0) is 24.2 Å². The Labute approximate surface area is 586 Å². The van der Waals surface area contributed by atoms with Crippen LogP contribution < -0.4 is 114 Å². The van der Waals surface area contributed by atoms with Gasteiger partial charge in [0.1, 0.15) is 68.6 Å². The molecule has 0 amide bonds. The van der Waals surface area contributed by atoms with Crippen molar-refractivity contribution in [2.75, 3.05) is 68.9 Å². The van der Waals surface area contributed by atoms with Crippen LogP contribution in [0, 0.1) is 0 Å². The smallest absolute Gasteiger partial charge is 1.00 e. The first kappa shape index (κ1) is 66.4. The Bertz CT molecular complexity index is 4700. The van der Waals surface area contributed by atoms with Crippen LogP contribution in [-0.4, -0.2) is 105 Å². The summed E-state index contributed by atoms with van der Waals surface area (Å²) in [7, 11) is 19.0. The minimum atomic E-state index is -0.464. The fourth-order valence-electron chi connectivity index (χ4n) is 10.2. The molecular formula is C67H57BrI3N11O6Zn. The molecule has 0 unspecified atom stereocenters. The quantitative estimate of drug-likeness (QED) is 0.0473. The third-order valence-corrected chi connectivity index (χ3v) is 14.8. The molecule has 2 aliphatic heterocycles. The molecule has 0 saturated carbocycles. The summed E-state index contributed by atoms with van der Waals surface area (Å²) in [6, 6.07) is 53.6. The second-order valence-electron chi connectivity index (χ2n) is 23.2. The largest absolute Gasteiger partial charge is 2.00 e. The number of carbonyl (C=O) groups is 1. The number of hydrogen-bond acceptors (Lipinski definition) is 12. The number of fused-ring (bicyclic) bond motifs is 20. The molecule has 446 valence electrons. The van der Waals surface area contributed by atoms with Gasteiger partial charge in [-0.25, -0.2) is 14.8 Å². The summed E-state index contributed by atoms with van der Waals surface area (Å²) in [6.07, 6.45) is 0. The average molecular weight is 1640 g/mol. The van der Waals surface area contributed by atoms with E-state index in [0.29, 0.717) is 143 Å². The van der Waals surface area contributed by atoms with E-state index in [1.54, 1.807) is 24.3 Å². The maximum Gasteiger partial charge on any atom is 2.00 e. The Morgan fingerprint density at radius 1 is 0.404 bits per heavy atom. The summed E-state index contributed by atoms with van der Waals surface area (Å²) in [5.41, 5.74) is 7.36. The second kappa shape index (κ2) is 26.4. The van der Waals surface area contributed by atoms with Gasteiger partial charge in [-0.3, -0.25) is 13.4 Å². The number of quaternary nitrogens is 3. The molecule has 8 aromatic carbocycles. The standard InChI is InChI=1S/C67H57BrN11O6.3HI.Zn/c1-77(2,3)40-16-10-19-44(34-40)83-53-25-13-22-49-56(53)64-71-59-48-33-32-47(82-43-30-28-39(29-31-43)67(80)81-38-68)37-52(48)63(69-59)76-66-58-51(24-15-27-55(58)85-46-21-12-18-42(36-46)79(7,8)9)62(75-66)74-65-57-50(61(73-65)70-60(49)72-64)23-14-26-54(57)84-45-20-11-17-41(35-45)78(4,5)6;;;;/h10-37H,38H2,1-9H3;3*1H;/q+1;;;;+2/p-3. The number of rotatable bonds is 13. The number of ether oxygens (including phenoxy) is 5. The molecule has 0 fully saturated rings. The van der Waals surface area contributed by atoms with Crippen LogP contribution in [0.15, 0.2) is 170 Å². The van der Waals surface area contributed by atoms with Crippen molar-refractivity contribution in [2.45, 2.75) is 0 Å². The first-order valence-electron chi connectivity index (χ1n) is 27.4. The Morgan fingerprint density at radius 3 is 1.31 bits per heavy atom. The van der Waals surface area contributed by atoms with Gasteiger partial charge < -0.3 is 126 Å². The van der Waals surface area contributed by atoms with Crippen molar-refractivity contribution in [1.82, 2.24) is 53.3 Å². The summed E-state index contributed by atoms with van der Waals surface area (Å²) in [4.78, 5) is 54.9. The normalized spacial score (nSPS) is 11.7. The zero-order valence-electron chi connectivity index (χ0n) is 50.0. The predicted octanol–water partition coefficient (Wildman–Crippen LogP) is 5.41. The van der Waals surface area contributed by atoms with Crippen LogP contribution in [0.1, 0.15) is 10.4 Å². The first-order chi connectivity index (χ1) is 40.8. The van der Waals surface area contributed by atoms with Crippen LogP contribution in [0.2, 0.25) is 0 Å². The van der Waals surface area contributed by atoms with E-state index in [1.807, 2.05) is 127 Å². The maximum atomic E-state index is 12.5. The number of halogens is 4. The van der Waals surface area contributed by atoms with Crippen LogP contribution >= 0.6 is 15.9 Å². The van der Waals surface area contributed by atoms with Gasteiger partial charge in [0.15, 0.2) is 0 Å². The summed E-state index contributed by atoms with van der Waals surface area (Å²) in [5.74, 6) is 5.15. The van der Waals surface area contributed by atoms with Gasteiger partial charge in [0, 0.05) is 57.3 Å². The predicted molar refractivity (Wildman–Crippen MR) is 338 cm³/mol. The van der Waals surface area contributed by atoms with Crippen LogP contribution in [0.4, 0.5) is 17.1 Å². The molecule has 0 atom stereocenters. The summed E-state index contributed by atoms with van der Waals surface area (Å²) >= 11 is 3.16. The topological polar surface area (TPSA) is 169 Å². The molecule has 22 heteroatoms. The van der Waals surface area contributed by atoms with E-state index in [1.165, 1.54) is 0 Å². The van der Waals surface area contributed by atoms with E-state index in [0.717, 1.165) is 17.1 Å². The fraction of sp³-hybridized carbons (Fsp3) is 0.149. The molecule has 0 N–H and O–H groups in total. The molecule has 0 spiro atoms. The molecule has 2 aliphatic rings. The van der Waals surface area contributed by atoms with E-state index < -0.39 is 5.97 Å². The maximum absolute atomic E-state index is 12.5. The summed E-state index contributed by atoms with van der Waals surface area (Å²) in [6.45, 7) is 0. The Hall–Kier alpha value is -7.04. The third kappa shape index (κ3) is 13.6.